The van der Waals surface area contributed by atoms with Crippen LogP contribution in [0.4, 0.5) is 0 Å². The third kappa shape index (κ3) is 4.11. The Balaban J connectivity index is 2.46. The van der Waals surface area contributed by atoms with Gasteiger partial charge in [0.1, 0.15) is 5.75 Å². The maximum absolute atomic E-state index is 8.07. The summed E-state index contributed by atoms with van der Waals surface area (Å²) in [6, 6.07) is 5.74. The highest BCUT2D eigenvalue weighted by atomic mass is 79.9. The van der Waals surface area contributed by atoms with Crippen LogP contribution in [0, 0.1) is 0 Å². The predicted molar refractivity (Wildman–Crippen MR) is 66.0 cm³/mol. The minimum absolute atomic E-state index is 0.457. The van der Waals surface area contributed by atoms with Gasteiger partial charge in [-0.3, -0.25) is 0 Å². The molecule has 0 bridgehead atoms. The van der Waals surface area contributed by atoms with E-state index in [4.69, 9.17) is 10.3 Å². The van der Waals surface area contributed by atoms with Crippen molar-refractivity contribution >= 4 is 31.9 Å². The van der Waals surface area contributed by atoms with Gasteiger partial charge in [-0.1, -0.05) is 11.2 Å². The Labute approximate surface area is 105 Å². The van der Waals surface area contributed by atoms with Gasteiger partial charge in [-0.15, -0.1) is 0 Å². The van der Waals surface area contributed by atoms with Crippen molar-refractivity contribution in [3.8, 4) is 5.75 Å². The number of azide groups is 1. The number of hydrogen-bond acceptors (Lipinski definition) is 2. The number of benzene rings is 1. The Morgan fingerprint density at radius 3 is 2.60 bits per heavy atom. The topological polar surface area (TPSA) is 58.0 Å². The van der Waals surface area contributed by atoms with E-state index in [0.29, 0.717) is 19.6 Å². The highest BCUT2D eigenvalue weighted by molar-refractivity contribution is 9.11. The molecule has 0 saturated heterocycles. The summed E-state index contributed by atoms with van der Waals surface area (Å²) in [5.74, 6) is 0.776. The first-order chi connectivity index (χ1) is 7.25. The average Bonchev–Trinajstić information content (AvgIpc) is 2.21. The molecule has 0 aliphatic rings. The van der Waals surface area contributed by atoms with Gasteiger partial charge in [0.15, 0.2) is 0 Å². The summed E-state index contributed by atoms with van der Waals surface area (Å²) in [7, 11) is 0. The molecule has 1 rings (SSSR count). The first kappa shape index (κ1) is 12.4. The third-order valence-corrected chi connectivity index (χ3v) is 2.88. The van der Waals surface area contributed by atoms with Gasteiger partial charge < -0.3 is 4.74 Å². The highest BCUT2D eigenvalue weighted by Crippen LogP contribution is 2.32. The van der Waals surface area contributed by atoms with Crippen molar-refractivity contribution in [1.29, 1.82) is 0 Å². The van der Waals surface area contributed by atoms with Crippen LogP contribution in [0.25, 0.3) is 10.4 Å². The van der Waals surface area contributed by atoms with Crippen molar-refractivity contribution in [3.05, 3.63) is 37.6 Å². The first-order valence-electron chi connectivity index (χ1n) is 4.33. The van der Waals surface area contributed by atoms with E-state index >= 15 is 0 Å². The van der Waals surface area contributed by atoms with Gasteiger partial charge >= 0.3 is 0 Å². The van der Waals surface area contributed by atoms with Gasteiger partial charge in [0.2, 0.25) is 0 Å². The van der Waals surface area contributed by atoms with Gasteiger partial charge in [0.05, 0.1) is 15.6 Å². The van der Waals surface area contributed by atoms with Crippen molar-refractivity contribution in [2.75, 3.05) is 13.2 Å². The maximum atomic E-state index is 8.07. The van der Waals surface area contributed by atoms with E-state index in [1.165, 1.54) is 0 Å². The Morgan fingerprint density at radius 2 is 2.00 bits per heavy atom. The van der Waals surface area contributed by atoms with Gasteiger partial charge in [-0.2, -0.15) is 0 Å². The second-order valence-electron chi connectivity index (χ2n) is 2.71. The maximum Gasteiger partial charge on any atom is 0.147 e. The molecule has 0 aromatic heterocycles. The number of halogens is 2. The number of hydrogen-bond donors (Lipinski definition) is 0. The molecule has 0 N–H and O–H groups in total. The Hall–Kier alpha value is -0.710. The summed E-state index contributed by atoms with van der Waals surface area (Å²) < 4.78 is 7.34. The van der Waals surface area contributed by atoms with Crippen LogP contribution in [0.15, 0.2) is 32.3 Å². The molecule has 0 saturated carbocycles. The lowest BCUT2D eigenvalue weighted by Crippen LogP contribution is -1.99. The Kier molecular flexibility index (Phi) is 5.53. The quantitative estimate of drug-likeness (QED) is 0.343. The molecule has 0 amide bonds. The molecule has 0 spiro atoms. The first-order valence-corrected chi connectivity index (χ1v) is 5.92. The smallest absolute Gasteiger partial charge is 0.147 e. The summed E-state index contributed by atoms with van der Waals surface area (Å²) in [5, 5.41) is 3.42. The molecule has 1 aromatic carbocycles. The van der Waals surface area contributed by atoms with Crippen molar-refractivity contribution in [3.63, 3.8) is 0 Å². The van der Waals surface area contributed by atoms with Crippen molar-refractivity contribution < 1.29 is 4.74 Å². The Morgan fingerprint density at radius 1 is 1.33 bits per heavy atom. The zero-order valence-corrected chi connectivity index (χ0v) is 11.0. The molecular weight excluding hydrogens is 326 g/mol. The Bertz CT molecular complexity index is 357. The fraction of sp³-hybridized carbons (Fsp3) is 0.333. The fourth-order valence-electron chi connectivity index (χ4n) is 0.975. The molecule has 6 heteroatoms. The molecule has 1 aromatic rings. The van der Waals surface area contributed by atoms with E-state index in [1.54, 1.807) is 0 Å². The van der Waals surface area contributed by atoms with Crippen molar-refractivity contribution in [2.45, 2.75) is 6.42 Å². The molecule has 4 nitrogen and oxygen atoms in total. The average molecular weight is 335 g/mol. The van der Waals surface area contributed by atoms with Crippen LogP contribution in [-0.2, 0) is 0 Å². The molecule has 0 atom stereocenters. The van der Waals surface area contributed by atoms with E-state index < -0.39 is 0 Å². The summed E-state index contributed by atoms with van der Waals surface area (Å²) in [6.07, 6.45) is 0.706. The summed E-state index contributed by atoms with van der Waals surface area (Å²) in [4.78, 5) is 2.67. The monoisotopic (exact) mass is 333 g/mol. The SMILES string of the molecule is [N-]=[N+]=NCCCOc1c(Br)cccc1Br. The van der Waals surface area contributed by atoms with Crippen LogP contribution in [0.5, 0.6) is 5.75 Å². The van der Waals surface area contributed by atoms with E-state index in [2.05, 4.69) is 41.9 Å². The predicted octanol–water partition coefficient (Wildman–Crippen LogP) is 4.29. The number of rotatable bonds is 5. The molecule has 0 aliphatic heterocycles. The minimum atomic E-state index is 0.457. The van der Waals surface area contributed by atoms with Crippen molar-refractivity contribution in [1.82, 2.24) is 0 Å². The normalized spacial score (nSPS) is 9.47. The van der Waals surface area contributed by atoms with Crippen LogP contribution in [0.1, 0.15) is 6.42 Å². The van der Waals surface area contributed by atoms with Gasteiger partial charge in [-0.25, -0.2) is 0 Å². The molecule has 0 fully saturated rings. The van der Waals surface area contributed by atoms with Crippen LogP contribution < -0.4 is 4.74 Å². The summed E-state index contributed by atoms with van der Waals surface area (Å²) in [6.45, 7) is 0.985. The fourth-order valence-corrected chi connectivity index (χ4v) is 2.20. The lowest BCUT2D eigenvalue weighted by atomic mass is 10.3. The van der Waals surface area contributed by atoms with Gasteiger partial charge in [-0.05, 0) is 55.9 Å². The van der Waals surface area contributed by atoms with Crippen LogP contribution in [0.3, 0.4) is 0 Å². The largest absolute Gasteiger partial charge is 0.491 e. The van der Waals surface area contributed by atoms with Crippen molar-refractivity contribution in [2.24, 2.45) is 5.11 Å². The van der Waals surface area contributed by atoms with E-state index in [-0.39, 0.29) is 0 Å². The molecule has 0 heterocycles. The second-order valence-corrected chi connectivity index (χ2v) is 4.42. The molecule has 0 aliphatic carbocycles. The zero-order chi connectivity index (χ0) is 11.1. The highest BCUT2D eigenvalue weighted by Gasteiger charge is 2.04. The van der Waals surface area contributed by atoms with Gasteiger partial charge in [0, 0.05) is 11.5 Å². The van der Waals surface area contributed by atoms with Gasteiger partial charge in [0.25, 0.3) is 0 Å². The second kappa shape index (κ2) is 6.71. The number of para-hydroxylation sites is 1. The number of nitrogens with zero attached hydrogens (tertiary/aromatic N) is 3. The molecule has 0 radical (unpaired) electrons. The minimum Gasteiger partial charge on any atom is -0.491 e. The van der Waals surface area contributed by atoms with Crippen LogP contribution >= 0.6 is 31.9 Å². The van der Waals surface area contributed by atoms with Crippen LogP contribution in [-0.4, -0.2) is 13.2 Å². The molecule has 15 heavy (non-hydrogen) atoms. The molecule has 80 valence electrons. The standard InChI is InChI=1S/C9H9Br2N3O/c10-7-3-1-4-8(11)9(7)15-6-2-5-13-14-12/h1,3-4H,2,5-6H2. The number of ether oxygens (including phenoxy) is 1. The third-order valence-electron chi connectivity index (χ3n) is 1.63. The molecule has 0 unspecified atom stereocenters. The van der Waals surface area contributed by atoms with E-state index in [9.17, 15) is 0 Å². The lowest BCUT2D eigenvalue weighted by molar-refractivity contribution is 0.309. The summed E-state index contributed by atoms with van der Waals surface area (Å²) >= 11 is 6.79. The van der Waals surface area contributed by atoms with Crippen LogP contribution in [0.2, 0.25) is 0 Å². The zero-order valence-electron chi connectivity index (χ0n) is 7.86. The summed E-state index contributed by atoms with van der Waals surface area (Å²) in [5.41, 5.74) is 8.07. The van der Waals surface area contributed by atoms with E-state index in [1.807, 2.05) is 18.2 Å². The van der Waals surface area contributed by atoms with E-state index in [0.717, 1.165) is 14.7 Å². The molecular formula is C9H9Br2N3O. The lowest BCUT2D eigenvalue weighted by Gasteiger charge is -2.08.